The van der Waals surface area contributed by atoms with E-state index in [1.807, 2.05) is 0 Å². The molecule has 0 amide bonds. The summed E-state index contributed by atoms with van der Waals surface area (Å²) in [5.74, 6) is -1.10. The fourth-order valence-electron chi connectivity index (χ4n) is 1.47. The summed E-state index contributed by atoms with van der Waals surface area (Å²) in [4.78, 5) is 11.1. The summed E-state index contributed by atoms with van der Waals surface area (Å²) < 4.78 is 10.1. The Morgan fingerprint density at radius 1 is 1.67 bits per heavy atom. The third-order valence-corrected chi connectivity index (χ3v) is 2.62. The molecule has 15 heavy (non-hydrogen) atoms. The SMILES string of the molecule is C=CC[C@](C)(C(=O)O)[C@@H](O)C1OC(C)O1. The van der Waals surface area contributed by atoms with E-state index in [-0.39, 0.29) is 12.7 Å². The second kappa shape index (κ2) is 4.30. The normalized spacial score (nSPS) is 31.1. The smallest absolute Gasteiger partial charge is 0.312 e. The van der Waals surface area contributed by atoms with E-state index in [0.717, 1.165) is 0 Å². The van der Waals surface area contributed by atoms with Crippen molar-refractivity contribution in [3.8, 4) is 0 Å². The summed E-state index contributed by atoms with van der Waals surface area (Å²) in [5, 5.41) is 18.9. The highest BCUT2D eigenvalue weighted by atomic mass is 16.9. The van der Waals surface area contributed by atoms with Crippen LogP contribution < -0.4 is 0 Å². The molecule has 5 heteroatoms. The number of carboxylic acids is 1. The van der Waals surface area contributed by atoms with E-state index < -0.39 is 23.8 Å². The van der Waals surface area contributed by atoms with Crippen LogP contribution in [0.5, 0.6) is 0 Å². The van der Waals surface area contributed by atoms with Gasteiger partial charge in [-0.3, -0.25) is 4.79 Å². The van der Waals surface area contributed by atoms with Crippen LogP contribution in [0, 0.1) is 5.41 Å². The number of ether oxygens (including phenoxy) is 2. The summed E-state index contributed by atoms with van der Waals surface area (Å²) in [6, 6.07) is 0. The molecule has 1 fully saturated rings. The molecule has 5 nitrogen and oxygen atoms in total. The Hall–Kier alpha value is -0.910. The number of carbonyl (C=O) groups is 1. The first-order valence-corrected chi connectivity index (χ1v) is 4.75. The molecule has 2 N–H and O–H groups in total. The molecule has 1 aliphatic rings. The molecular formula is C10H16O5. The molecule has 0 aromatic rings. The summed E-state index contributed by atoms with van der Waals surface area (Å²) in [6.07, 6.45) is -0.836. The molecule has 1 aliphatic heterocycles. The standard InChI is InChI=1S/C10H16O5/c1-4-5-10(3,9(12)13)7(11)8-14-6(2)15-8/h4,6-8,11H,1,5H2,2-3H3,(H,12,13)/t6?,7-,8?,10-/m0/s1. The molecule has 1 rings (SSSR count). The van der Waals surface area contributed by atoms with Crippen LogP contribution in [0.3, 0.4) is 0 Å². The minimum atomic E-state index is -1.33. The number of allylic oxidation sites excluding steroid dienone is 1. The fraction of sp³-hybridized carbons (Fsp3) is 0.700. The number of aliphatic hydroxyl groups excluding tert-OH is 1. The highest BCUT2D eigenvalue weighted by Crippen LogP contribution is 2.34. The van der Waals surface area contributed by atoms with Crippen LogP contribution in [0.2, 0.25) is 0 Å². The van der Waals surface area contributed by atoms with Crippen molar-refractivity contribution < 1.29 is 24.5 Å². The van der Waals surface area contributed by atoms with Gasteiger partial charge >= 0.3 is 5.97 Å². The van der Waals surface area contributed by atoms with Gasteiger partial charge in [-0.1, -0.05) is 6.08 Å². The van der Waals surface area contributed by atoms with Gasteiger partial charge < -0.3 is 19.7 Å². The zero-order chi connectivity index (χ0) is 11.6. The maximum atomic E-state index is 11.1. The quantitative estimate of drug-likeness (QED) is 0.663. The van der Waals surface area contributed by atoms with E-state index in [1.165, 1.54) is 13.0 Å². The summed E-state index contributed by atoms with van der Waals surface area (Å²) >= 11 is 0. The fourth-order valence-corrected chi connectivity index (χ4v) is 1.47. The van der Waals surface area contributed by atoms with Gasteiger partial charge in [0.25, 0.3) is 0 Å². The van der Waals surface area contributed by atoms with Gasteiger partial charge in [0.1, 0.15) is 6.10 Å². The first kappa shape index (κ1) is 12.2. The lowest BCUT2D eigenvalue weighted by molar-refractivity contribution is -0.406. The second-order valence-electron chi connectivity index (χ2n) is 3.87. The van der Waals surface area contributed by atoms with Gasteiger partial charge in [-0.05, 0) is 20.3 Å². The first-order valence-electron chi connectivity index (χ1n) is 4.75. The van der Waals surface area contributed by atoms with Crippen molar-refractivity contribution in [3.05, 3.63) is 12.7 Å². The van der Waals surface area contributed by atoms with Crippen LogP contribution in [-0.4, -0.2) is 34.9 Å². The molecule has 1 saturated heterocycles. The minimum Gasteiger partial charge on any atom is -0.481 e. The lowest BCUT2D eigenvalue weighted by Crippen LogP contribution is -2.55. The van der Waals surface area contributed by atoms with E-state index in [2.05, 4.69) is 6.58 Å². The molecule has 0 unspecified atom stereocenters. The summed E-state index contributed by atoms with van der Waals surface area (Å²) in [6.45, 7) is 6.59. The molecule has 0 aromatic carbocycles. The molecule has 0 spiro atoms. The number of hydrogen-bond acceptors (Lipinski definition) is 4. The first-order chi connectivity index (χ1) is 6.91. The maximum Gasteiger partial charge on any atom is 0.312 e. The Balaban J connectivity index is 2.71. The number of carboxylic acid groups (broad SMARTS) is 1. The Labute approximate surface area is 88.3 Å². The second-order valence-corrected chi connectivity index (χ2v) is 3.87. The number of hydrogen-bond donors (Lipinski definition) is 2. The minimum absolute atomic E-state index is 0.154. The largest absolute Gasteiger partial charge is 0.481 e. The predicted molar refractivity (Wildman–Crippen MR) is 52.0 cm³/mol. The van der Waals surface area contributed by atoms with E-state index in [4.69, 9.17) is 14.6 Å². The zero-order valence-electron chi connectivity index (χ0n) is 8.84. The van der Waals surface area contributed by atoms with Gasteiger partial charge in [-0.25, -0.2) is 0 Å². The Bertz CT molecular complexity index is 259. The van der Waals surface area contributed by atoms with Gasteiger partial charge in [0.2, 0.25) is 0 Å². The predicted octanol–water partition coefficient (Wildman–Crippen LogP) is 0.733. The highest BCUT2D eigenvalue weighted by molar-refractivity contribution is 5.75. The number of aliphatic carboxylic acids is 1. The van der Waals surface area contributed by atoms with Crippen molar-refractivity contribution in [3.63, 3.8) is 0 Å². The Morgan fingerprint density at radius 3 is 2.53 bits per heavy atom. The molecule has 0 aromatic heterocycles. The molecule has 1 heterocycles. The molecule has 2 atom stereocenters. The average molecular weight is 216 g/mol. The number of aliphatic hydroxyl groups is 1. The third-order valence-electron chi connectivity index (χ3n) is 2.62. The van der Waals surface area contributed by atoms with Crippen LogP contribution in [0.25, 0.3) is 0 Å². The average Bonchev–Trinajstić information content (AvgIpc) is 2.11. The van der Waals surface area contributed by atoms with Crippen LogP contribution >= 0.6 is 0 Å². The van der Waals surface area contributed by atoms with Crippen LogP contribution in [0.4, 0.5) is 0 Å². The van der Waals surface area contributed by atoms with Gasteiger partial charge in [0.05, 0.1) is 5.41 Å². The van der Waals surface area contributed by atoms with E-state index in [9.17, 15) is 9.90 Å². The van der Waals surface area contributed by atoms with Crippen molar-refractivity contribution in [1.82, 2.24) is 0 Å². The lowest BCUT2D eigenvalue weighted by Gasteiger charge is -2.42. The Kier molecular flexibility index (Phi) is 3.49. The van der Waals surface area contributed by atoms with Gasteiger partial charge in [-0.15, -0.1) is 6.58 Å². The summed E-state index contributed by atoms with van der Waals surface area (Å²) in [5.41, 5.74) is -1.33. The van der Waals surface area contributed by atoms with E-state index in [0.29, 0.717) is 0 Å². The van der Waals surface area contributed by atoms with Crippen molar-refractivity contribution >= 4 is 5.97 Å². The van der Waals surface area contributed by atoms with E-state index >= 15 is 0 Å². The van der Waals surface area contributed by atoms with Crippen LogP contribution in [-0.2, 0) is 14.3 Å². The van der Waals surface area contributed by atoms with Crippen molar-refractivity contribution in [2.24, 2.45) is 5.41 Å². The molecular weight excluding hydrogens is 200 g/mol. The number of rotatable bonds is 5. The zero-order valence-corrected chi connectivity index (χ0v) is 8.84. The van der Waals surface area contributed by atoms with Crippen LogP contribution in [0.1, 0.15) is 20.3 Å². The Morgan fingerprint density at radius 2 is 2.20 bits per heavy atom. The summed E-state index contributed by atoms with van der Waals surface area (Å²) in [7, 11) is 0. The van der Waals surface area contributed by atoms with Gasteiger partial charge in [0, 0.05) is 0 Å². The van der Waals surface area contributed by atoms with Crippen LogP contribution in [0.15, 0.2) is 12.7 Å². The van der Waals surface area contributed by atoms with Gasteiger partial charge in [-0.2, -0.15) is 0 Å². The molecule has 0 bridgehead atoms. The van der Waals surface area contributed by atoms with Crippen molar-refractivity contribution in [1.29, 1.82) is 0 Å². The topological polar surface area (TPSA) is 76.0 Å². The molecule has 86 valence electrons. The molecule has 0 aliphatic carbocycles. The third kappa shape index (κ3) is 2.19. The maximum absolute atomic E-state index is 11.1. The molecule has 0 saturated carbocycles. The molecule has 0 radical (unpaired) electrons. The lowest BCUT2D eigenvalue weighted by atomic mass is 9.80. The van der Waals surface area contributed by atoms with Gasteiger partial charge in [0.15, 0.2) is 12.6 Å². The monoisotopic (exact) mass is 216 g/mol. The van der Waals surface area contributed by atoms with Crippen molar-refractivity contribution in [2.75, 3.05) is 0 Å². The highest BCUT2D eigenvalue weighted by Gasteiger charge is 2.48. The van der Waals surface area contributed by atoms with Crippen molar-refractivity contribution in [2.45, 2.75) is 39.0 Å². The van der Waals surface area contributed by atoms with E-state index in [1.54, 1.807) is 6.92 Å².